The van der Waals surface area contributed by atoms with Crippen LogP contribution in [0.3, 0.4) is 0 Å². The zero-order chi connectivity index (χ0) is 24.2. The monoisotopic (exact) mass is 471 g/mol. The van der Waals surface area contributed by atoms with Crippen LogP contribution in [0.5, 0.6) is 0 Å². The Kier molecular flexibility index (Phi) is 7.52. The van der Waals surface area contributed by atoms with Crippen molar-refractivity contribution in [3.63, 3.8) is 0 Å². The summed E-state index contributed by atoms with van der Waals surface area (Å²) >= 11 is 6.33. The molecule has 0 saturated carbocycles. The minimum absolute atomic E-state index is 0.0195. The van der Waals surface area contributed by atoms with Crippen LogP contribution in [0.2, 0.25) is 5.02 Å². The van der Waals surface area contributed by atoms with Gasteiger partial charge in [0.2, 0.25) is 0 Å². The number of ether oxygens (including phenoxy) is 1. The number of carboxylic acids is 1. The normalized spacial score (nSPS) is 17.0. The summed E-state index contributed by atoms with van der Waals surface area (Å²) in [6, 6.07) is 14.1. The third kappa shape index (κ3) is 5.96. The molecule has 2 N–H and O–H groups in total. The second-order valence-electron chi connectivity index (χ2n) is 8.74. The summed E-state index contributed by atoms with van der Waals surface area (Å²) in [7, 11) is -0.769. The number of rotatable bonds is 7. The van der Waals surface area contributed by atoms with E-state index in [-0.39, 0.29) is 23.7 Å². The van der Waals surface area contributed by atoms with Gasteiger partial charge in [-0.2, -0.15) is 0 Å². The van der Waals surface area contributed by atoms with Crippen LogP contribution in [-0.4, -0.2) is 42.0 Å². The van der Waals surface area contributed by atoms with Crippen LogP contribution in [0.25, 0.3) is 6.08 Å². The smallest absolute Gasteiger partial charge is 0.478 e. The van der Waals surface area contributed by atoms with Crippen molar-refractivity contribution < 1.29 is 28.7 Å². The van der Waals surface area contributed by atoms with Gasteiger partial charge >= 0.3 is 19.2 Å². The zero-order valence-corrected chi connectivity index (χ0v) is 19.8. The van der Waals surface area contributed by atoms with E-state index in [9.17, 15) is 14.7 Å². The molecule has 0 unspecified atom stereocenters. The maximum atomic E-state index is 12.3. The number of carbonyl (C=O) groups excluding carboxylic acids is 1. The van der Waals surface area contributed by atoms with E-state index in [4.69, 9.17) is 25.6 Å². The first-order chi connectivity index (χ1) is 15.5. The second-order valence-corrected chi connectivity index (χ2v) is 9.11. The Balaban J connectivity index is 1.81. The van der Waals surface area contributed by atoms with E-state index >= 15 is 0 Å². The summed E-state index contributed by atoms with van der Waals surface area (Å²) in [5, 5.41) is 12.2. The lowest BCUT2D eigenvalue weighted by atomic mass is 9.77. The number of carboxylic acid groups (broad SMARTS) is 1. The number of nitrogens with one attached hydrogen (secondary N) is 1. The Morgan fingerprint density at radius 1 is 1.06 bits per heavy atom. The molecule has 174 valence electrons. The highest BCUT2D eigenvalue weighted by atomic mass is 35.5. The van der Waals surface area contributed by atoms with Crippen LogP contribution in [0.1, 0.15) is 49.2 Å². The highest BCUT2D eigenvalue weighted by molar-refractivity contribution is 6.56. The number of hydrogen-bond donors (Lipinski definition) is 2. The molecule has 0 radical (unpaired) electrons. The van der Waals surface area contributed by atoms with Gasteiger partial charge in [-0.15, -0.1) is 0 Å². The molecule has 2 aromatic rings. The standard InChI is InChI=1S/C24H27BClNO6/c1-23(2)24(3,4)33-25(32-23)18(13-17-11-8-12-19(20(17)26)21(28)29)14-27-22(30)31-15-16-9-6-5-7-10-16/h5-13H,14-15H2,1-4H3,(H,27,30)(H,28,29). The van der Waals surface area contributed by atoms with E-state index in [0.717, 1.165) is 5.56 Å². The van der Waals surface area contributed by atoms with Gasteiger partial charge in [-0.05, 0) is 50.4 Å². The molecule has 3 rings (SSSR count). The van der Waals surface area contributed by atoms with Crippen LogP contribution >= 0.6 is 11.6 Å². The van der Waals surface area contributed by atoms with E-state index in [0.29, 0.717) is 11.0 Å². The largest absolute Gasteiger partial charge is 0.492 e. The Bertz CT molecular complexity index is 1040. The molecule has 9 heteroatoms. The Labute approximate surface area is 198 Å². The number of benzene rings is 2. The average molecular weight is 472 g/mol. The molecule has 1 fully saturated rings. The van der Waals surface area contributed by atoms with Crippen LogP contribution < -0.4 is 5.32 Å². The fourth-order valence-electron chi connectivity index (χ4n) is 3.17. The Morgan fingerprint density at radius 3 is 2.30 bits per heavy atom. The molecule has 1 heterocycles. The average Bonchev–Trinajstić information content (AvgIpc) is 2.98. The summed E-state index contributed by atoms with van der Waals surface area (Å²) in [4.78, 5) is 23.8. The van der Waals surface area contributed by atoms with Crippen LogP contribution in [0.4, 0.5) is 4.79 Å². The molecule has 2 aromatic carbocycles. The summed E-state index contributed by atoms with van der Waals surface area (Å²) in [6.07, 6.45) is 1.07. The van der Waals surface area contributed by atoms with Gasteiger partial charge in [-0.3, -0.25) is 0 Å². The van der Waals surface area contributed by atoms with Crippen molar-refractivity contribution in [3.05, 3.63) is 75.7 Å². The molecule has 0 aliphatic carbocycles. The molecule has 7 nitrogen and oxygen atoms in total. The summed E-state index contributed by atoms with van der Waals surface area (Å²) in [6.45, 7) is 7.87. The van der Waals surface area contributed by atoms with Gasteiger partial charge in [0.1, 0.15) is 6.61 Å². The molecule has 0 atom stereocenters. The first kappa shape index (κ1) is 24.8. The zero-order valence-electron chi connectivity index (χ0n) is 19.1. The SMILES string of the molecule is CC1(C)OB(C(=Cc2cccc(C(=O)O)c2Cl)CNC(=O)OCc2ccccc2)OC1(C)C. The fraction of sp³-hybridized carbons (Fsp3) is 0.333. The van der Waals surface area contributed by atoms with Gasteiger partial charge in [0, 0.05) is 6.54 Å². The molecule has 0 aromatic heterocycles. The van der Waals surface area contributed by atoms with Gasteiger partial charge in [0.25, 0.3) is 0 Å². The number of halogens is 1. The van der Waals surface area contributed by atoms with Crippen LogP contribution in [-0.2, 0) is 20.7 Å². The summed E-state index contributed by atoms with van der Waals surface area (Å²) in [5.41, 5.74) is 0.685. The van der Waals surface area contributed by atoms with E-state index in [1.165, 1.54) is 6.07 Å². The lowest BCUT2D eigenvalue weighted by molar-refractivity contribution is 0.00578. The van der Waals surface area contributed by atoms with Gasteiger partial charge in [0.15, 0.2) is 0 Å². The molecule has 1 amide bonds. The maximum Gasteiger partial charge on any atom is 0.492 e. The molecule has 0 bridgehead atoms. The van der Waals surface area contributed by atoms with Gasteiger partial charge < -0.3 is 24.5 Å². The summed E-state index contributed by atoms with van der Waals surface area (Å²) < 4.78 is 17.6. The molecular formula is C24H27BClNO6. The molecule has 1 saturated heterocycles. The number of aromatic carboxylic acids is 1. The van der Waals surface area contributed by atoms with Crippen molar-refractivity contribution >= 4 is 36.9 Å². The molecule has 0 spiro atoms. The number of amides is 1. The number of carbonyl (C=O) groups is 2. The molecular weight excluding hydrogens is 445 g/mol. The van der Waals surface area contributed by atoms with Crippen LogP contribution in [0, 0.1) is 0 Å². The van der Waals surface area contributed by atoms with Crippen molar-refractivity contribution in [1.82, 2.24) is 5.32 Å². The quantitative estimate of drug-likeness (QED) is 0.553. The molecule has 1 aliphatic heterocycles. The van der Waals surface area contributed by atoms with Crippen molar-refractivity contribution in [2.45, 2.75) is 45.5 Å². The summed E-state index contributed by atoms with van der Waals surface area (Å²) in [5.74, 6) is -1.13. The molecule has 33 heavy (non-hydrogen) atoms. The van der Waals surface area contributed by atoms with Gasteiger partial charge in [-0.1, -0.05) is 60.1 Å². The van der Waals surface area contributed by atoms with E-state index in [2.05, 4.69) is 5.32 Å². The van der Waals surface area contributed by atoms with E-state index in [1.54, 1.807) is 18.2 Å². The lowest BCUT2D eigenvalue weighted by Crippen LogP contribution is -2.41. The van der Waals surface area contributed by atoms with Crippen molar-refractivity contribution in [3.8, 4) is 0 Å². The Hall–Kier alpha value is -2.81. The van der Waals surface area contributed by atoms with E-state index in [1.807, 2.05) is 58.0 Å². The predicted octanol–water partition coefficient (Wildman–Crippen LogP) is 4.98. The third-order valence-electron chi connectivity index (χ3n) is 5.81. The predicted molar refractivity (Wildman–Crippen MR) is 127 cm³/mol. The van der Waals surface area contributed by atoms with Crippen molar-refractivity contribution in [2.24, 2.45) is 0 Å². The number of hydrogen-bond acceptors (Lipinski definition) is 5. The van der Waals surface area contributed by atoms with Crippen molar-refractivity contribution in [2.75, 3.05) is 6.54 Å². The first-order valence-electron chi connectivity index (χ1n) is 10.5. The maximum absolute atomic E-state index is 12.3. The minimum atomic E-state index is -1.13. The van der Waals surface area contributed by atoms with Crippen LogP contribution in [0.15, 0.2) is 54.0 Å². The highest BCUT2D eigenvalue weighted by Gasteiger charge is 2.52. The fourth-order valence-corrected chi connectivity index (χ4v) is 3.43. The second kappa shape index (κ2) is 9.99. The first-order valence-corrected chi connectivity index (χ1v) is 10.9. The van der Waals surface area contributed by atoms with Gasteiger partial charge in [-0.25, -0.2) is 9.59 Å². The number of alkyl carbamates (subject to hydrolysis) is 1. The third-order valence-corrected chi connectivity index (χ3v) is 6.23. The van der Waals surface area contributed by atoms with Crippen molar-refractivity contribution in [1.29, 1.82) is 0 Å². The van der Waals surface area contributed by atoms with E-state index < -0.39 is 30.4 Å². The highest BCUT2D eigenvalue weighted by Crippen LogP contribution is 2.39. The molecule has 1 aliphatic rings. The Morgan fingerprint density at radius 2 is 1.70 bits per heavy atom. The minimum Gasteiger partial charge on any atom is -0.478 e. The van der Waals surface area contributed by atoms with Gasteiger partial charge in [0.05, 0.1) is 21.8 Å². The lowest BCUT2D eigenvalue weighted by Gasteiger charge is -2.32. The topological polar surface area (TPSA) is 94.1 Å².